The minimum absolute atomic E-state index is 0.00334. The number of rotatable bonds is 6. The Kier molecular flexibility index (Phi) is 5.35. The van der Waals surface area contributed by atoms with Crippen molar-refractivity contribution in [1.29, 1.82) is 0 Å². The van der Waals surface area contributed by atoms with Crippen molar-refractivity contribution in [3.63, 3.8) is 0 Å². The lowest BCUT2D eigenvalue weighted by Crippen LogP contribution is -2.31. The van der Waals surface area contributed by atoms with Gasteiger partial charge in [-0.25, -0.2) is 4.98 Å². The van der Waals surface area contributed by atoms with Gasteiger partial charge < -0.3 is 15.1 Å². The largest absolute Gasteiger partial charge is 0.469 e. The second-order valence-corrected chi connectivity index (χ2v) is 8.33. The first-order chi connectivity index (χ1) is 13.2. The number of nitrogens with one attached hydrogen (secondary N) is 2. The van der Waals surface area contributed by atoms with Crippen molar-refractivity contribution in [3.05, 3.63) is 57.1 Å². The van der Waals surface area contributed by atoms with Crippen molar-refractivity contribution in [2.45, 2.75) is 38.1 Å². The summed E-state index contributed by atoms with van der Waals surface area (Å²) in [6.45, 7) is 0. The number of amides is 2. The number of carbonyl (C=O) groups excluding carboxylic acids is 2. The van der Waals surface area contributed by atoms with Gasteiger partial charge in [-0.3, -0.25) is 9.59 Å². The molecule has 4 rings (SSSR count). The molecule has 1 aliphatic carbocycles. The lowest BCUT2D eigenvalue weighted by Gasteiger charge is -2.22. The van der Waals surface area contributed by atoms with Crippen molar-refractivity contribution in [1.82, 2.24) is 10.3 Å². The van der Waals surface area contributed by atoms with Crippen LogP contribution >= 0.6 is 22.7 Å². The van der Waals surface area contributed by atoms with Gasteiger partial charge >= 0.3 is 0 Å². The minimum atomic E-state index is -0.0995. The molecule has 1 unspecified atom stereocenters. The molecular weight excluding hydrogens is 382 g/mol. The number of thiazole rings is 1. The Labute approximate surface area is 164 Å². The summed E-state index contributed by atoms with van der Waals surface area (Å²) in [5.41, 5.74) is 1.74. The van der Waals surface area contributed by atoms with Gasteiger partial charge in [-0.1, -0.05) is 6.07 Å². The molecule has 3 aromatic heterocycles. The molecule has 3 aromatic rings. The summed E-state index contributed by atoms with van der Waals surface area (Å²) in [4.78, 5) is 29.8. The molecule has 0 spiro atoms. The van der Waals surface area contributed by atoms with Crippen LogP contribution in [0.1, 0.15) is 40.8 Å². The number of fused-ring (bicyclic) bond motifs is 1. The Hall–Kier alpha value is -2.45. The summed E-state index contributed by atoms with van der Waals surface area (Å²) in [7, 11) is 0. The maximum absolute atomic E-state index is 12.4. The second-order valence-electron chi connectivity index (χ2n) is 6.44. The second kappa shape index (κ2) is 8.06. The van der Waals surface area contributed by atoms with E-state index in [0.717, 1.165) is 35.5 Å². The molecule has 6 nitrogen and oxygen atoms in total. The predicted octanol–water partition coefficient (Wildman–Crippen LogP) is 3.72. The molecule has 0 aromatic carbocycles. The van der Waals surface area contributed by atoms with Gasteiger partial charge in [0.05, 0.1) is 30.8 Å². The third-order valence-corrected chi connectivity index (χ3v) is 6.12. The Morgan fingerprint density at radius 1 is 1.22 bits per heavy atom. The highest BCUT2D eigenvalue weighted by atomic mass is 32.1. The van der Waals surface area contributed by atoms with E-state index < -0.39 is 0 Å². The molecule has 1 aliphatic rings. The number of furan rings is 1. The van der Waals surface area contributed by atoms with Crippen LogP contribution in [0, 0.1) is 0 Å². The smallest absolute Gasteiger partial charge is 0.231 e. The van der Waals surface area contributed by atoms with Gasteiger partial charge in [0, 0.05) is 22.2 Å². The van der Waals surface area contributed by atoms with Crippen LogP contribution in [0.3, 0.4) is 0 Å². The van der Waals surface area contributed by atoms with E-state index in [2.05, 4.69) is 15.6 Å². The minimum Gasteiger partial charge on any atom is -0.469 e. The van der Waals surface area contributed by atoms with Gasteiger partial charge in [-0.2, -0.15) is 0 Å². The van der Waals surface area contributed by atoms with Gasteiger partial charge in [0.1, 0.15) is 5.76 Å². The van der Waals surface area contributed by atoms with Crippen LogP contribution in [-0.4, -0.2) is 16.8 Å². The normalized spacial score (nSPS) is 15.9. The molecular formula is C19H19N3O3S2. The Bertz CT molecular complexity index is 930. The summed E-state index contributed by atoms with van der Waals surface area (Å²) in [5, 5.41) is 10.1. The summed E-state index contributed by atoms with van der Waals surface area (Å²) >= 11 is 2.88. The lowest BCUT2D eigenvalue weighted by molar-refractivity contribution is -0.121. The number of thiophene rings is 1. The third kappa shape index (κ3) is 4.45. The van der Waals surface area contributed by atoms with Gasteiger partial charge in [0.15, 0.2) is 5.13 Å². The Balaban J connectivity index is 1.30. The summed E-state index contributed by atoms with van der Waals surface area (Å²) < 4.78 is 5.46. The van der Waals surface area contributed by atoms with Crippen LogP contribution in [0.4, 0.5) is 5.13 Å². The number of hydrogen-bond donors (Lipinski definition) is 2. The molecule has 0 radical (unpaired) electrons. The number of aromatic nitrogens is 1. The topological polar surface area (TPSA) is 84.2 Å². The quantitative estimate of drug-likeness (QED) is 0.659. The molecule has 0 bridgehead atoms. The van der Waals surface area contributed by atoms with Crippen LogP contribution in [-0.2, 0) is 28.9 Å². The lowest BCUT2D eigenvalue weighted by atomic mass is 9.93. The highest BCUT2D eigenvalue weighted by Gasteiger charge is 2.24. The zero-order valence-corrected chi connectivity index (χ0v) is 16.2. The van der Waals surface area contributed by atoms with Gasteiger partial charge in [0.25, 0.3) is 0 Å². The number of nitrogens with zero attached hydrogens (tertiary/aromatic N) is 1. The van der Waals surface area contributed by atoms with Crippen LogP contribution in [0.5, 0.6) is 0 Å². The summed E-state index contributed by atoms with van der Waals surface area (Å²) in [6.07, 6.45) is 5.06. The van der Waals surface area contributed by atoms with Crippen LogP contribution < -0.4 is 10.6 Å². The van der Waals surface area contributed by atoms with Gasteiger partial charge in [-0.05, 0) is 30.4 Å². The average molecular weight is 402 g/mol. The zero-order valence-electron chi connectivity index (χ0n) is 14.6. The molecule has 8 heteroatoms. The monoisotopic (exact) mass is 401 g/mol. The molecule has 27 heavy (non-hydrogen) atoms. The first kappa shape index (κ1) is 17.9. The standard InChI is InChI=1S/C19H19N3O3S2/c23-17(21-15-4-1-5-16-14(15)6-7-25-16)9-12-11-27-19(20-12)22-18(24)10-13-3-2-8-26-13/h2-3,6-8,11,15H,1,4-5,9-10H2,(H,21,23)(H,20,22,24). The highest BCUT2D eigenvalue weighted by molar-refractivity contribution is 7.14. The number of hydrogen-bond acceptors (Lipinski definition) is 6. The number of carbonyl (C=O) groups is 2. The molecule has 1 atom stereocenters. The van der Waals surface area contributed by atoms with Crippen molar-refractivity contribution in [3.8, 4) is 0 Å². The maximum Gasteiger partial charge on any atom is 0.231 e. The predicted molar refractivity (Wildman–Crippen MR) is 105 cm³/mol. The maximum atomic E-state index is 12.4. The molecule has 0 fully saturated rings. The molecule has 2 N–H and O–H groups in total. The first-order valence-corrected chi connectivity index (χ1v) is 10.6. The SMILES string of the molecule is O=C(Cc1cccs1)Nc1nc(CC(=O)NC2CCCc3occc32)cs1. The van der Waals surface area contributed by atoms with E-state index >= 15 is 0 Å². The van der Waals surface area contributed by atoms with Crippen molar-refractivity contribution in [2.75, 3.05) is 5.32 Å². The first-order valence-electron chi connectivity index (χ1n) is 8.79. The summed E-state index contributed by atoms with van der Waals surface area (Å²) in [5.74, 6) is 0.796. The van der Waals surface area contributed by atoms with Crippen LogP contribution in [0.15, 0.2) is 39.6 Å². The van der Waals surface area contributed by atoms with Gasteiger partial charge in [0.2, 0.25) is 11.8 Å². The fourth-order valence-corrected chi connectivity index (χ4v) is 4.66. The van der Waals surface area contributed by atoms with Crippen molar-refractivity contribution < 1.29 is 14.0 Å². The molecule has 0 saturated heterocycles. The zero-order chi connectivity index (χ0) is 18.6. The van der Waals surface area contributed by atoms with Crippen LogP contribution in [0.2, 0.25) is 0 Å². The Morgan fingerprint density at radius 3 is 3.00 bits per heavy atom. The highest BCUT2D eigenvalue weighted by Crippen LogP contribution is 2.30. The molecule has 0 aliphatic heterocycles. The van der Waals surface area contributed by atoms with Crippen molar-refractivity contribution in [2.24, 2.45) is 0 Å². The molecule has 140 valence electrons. The molecule has 0 saturated carbocycles. The van der Waals surface area contributed by atoms with Crippen molar-refractivity contribution >= 4 is 39.6 Å². The van der Waals surface area contributed by atoms with E-state index in [9.17, 15) is 9.59 Å². The van der Waals surface area contributed by atoms with E-state index in [-0.39, 0.29) is 24.3 Å². The van der Waals surface area contributed by atoms with E-state index in [1.807, 2.05) is 29.0 Å². The van der Waals surface area contributed by atoms with Crippen LogP contribution in [0.25, 0.3) is 0 Å². The third-order valence-electron chi connectivity index (χ3n) is 4.44. The molecule has 3 heterocycles. The van der Waals surface area contributed by atoms with Gasteiger partial charge in [-0.15, -0.1) is 22.7 Å². The van der Waals surface area contributed by atoms with E-state index in [1.165, 1.54) is 11.3 Å². The Morgan fingerprint density at radius 2 is 2.15 bits per heavy atom. The van der Waals surface area contributed by atoms with E-state index in [4.69, 9.17) is 4.42 Å². The van der Waals surface area contributed by atoms with E-state index in [0.29, 0.717) is 17.2 Å². The fourth-order valence-electron chi connectivity index (χ4n) is 3.23. The number of anilines is 1. The fraction of sp³-hybridized carbons (Fsp3) is 0.316. The van der Waals surface area contributed by atoms with E-state index in [1.54, 1.807) is 17.6 Å². The molecule has 2 amide bonds. The number of aryl methyl sites for hydroxylation is 1. The summed E-state index contributed by atoms with van der Waals surface area (Å²) in [6, 6.07) is 5.79. The average Bonchev–Trinajstić information content (AvgIpc) is 3.37.